The number of hydrogen-bond donors (Lipinski definition) is 0. The molecule has 0 saturated heterocycles. The summed E-state index contributed by atoms with van der Waals surface area (Å²) in [6, 6.07) is 5.99. The Hall–Kier alpha value is -1.26. The maximum atomic E-state index is 12.8. The smallest absolute Gasteiger partial charge is 0.164 e. The molecule has 1 aromatic rings. The minimum atomic E-state index is -0.319. The van der Waals surface area contributed by atoms with Gasteiger partial charge < -0.3 is 4.74 Å². The zero-order valence-corrected chi connectivity index (χ0v) is 11.9. The van der Waals surface area contributed by atoms with E-state index in [1.165, 1.54) is 24.3 Å². The summed E-state index contributed by atoms with van der Waals surface area (Å²) in [7, 11) is 1.67. The Bertz CT molecular complexity index is 392. The molecule has 3 nitrogen and oxygen atoms in total. The molecule has 4 heteroatoms. The summed E-state index contributed by atoms with van der Waals surface area (Å²) in [5.41, 5.74) is 0.567. The van der Waals surface area contributed by atoms with E-state index in [9.17, 15) is 9.18 Å². The minimum Gasteiger partial charge on any atom is -0.383 e. The van der Waals surface area contributed by atoms with Crippen molar-refractivity contribution in [3.63, 3.8) is 0 Å². The number of ether oxygens (including phenoxy) is 1. The van der Waals surface area contributed by atoms with Gasteiger partial charge in [-0.25, -0.2) is 4.39 Å². The quantitative estimate of drug-likeness (QED) is 0.678. The molecule has 0 spiro atoms. The van der Waals surface area contributed by atoms with Crippen LogP contribution in [0, 0.1) is 5.82 Å². The van der Waals surface area contributed by atoms with Gasteiger partial charge in [0.25, 0.3) is 0 Å². The van der Waals surface area contributed by atoms with Crippen molar-refractivity contribution in [2.75, 3.05) is 26.8 Å². The minimum absolute atomic E-state index is 0.0445. The second kappa shape index (κ2) is 8.02. The second-order valence-corrected chi connectivity index (χ2v) is 4.61. The number of benzene rings is 1. The lowest BCUT2D eigenvalue weighted by Gasteiger charge is -2.26. The number of carbonyl (C=O) groups is 1. The lowest BCUT2D eigenvalue weighted by molar-refractivity contribution is 0.0873. The zero-order chi connectivity index (χ0) is 14.3. The molecule has 1 unspecified atom stereocenters. The summed E-state index contributed by atoms with van der Waals surface area (Å²) in [4.78, 5) is 14.2. The van der Waals surface area contributed by atoms with Gasteiger partial charge in [-0.05, 0) is 37.7 Å². The number of hydrogen-bond acceptors (Lipinski definition) is 3. The molecular formula is C15H22FNO2. The van der Waals surface area contributed by atoms with Crippen LogP contribution in [0.4, 0.5) is 4.39 Å². The van der Waals surface area contributed by atoms with Crippen molar-refractivity contribution in [2.45, 2.75) is 26.3 Å². The van der Waals surface area contributed by atoms with E-state index in [0.29, 0.717) is 25.1 Å². The molecule has 0 saturated carbocycles. The van der Waals surface area contributed by atoms with Gasteiger partial charge >= 0.3 is 0 Å². The maximum Gasteiger partial charge on any atom is 0.164 e. The first-order chi connectivity index (χ1) is 9.08. The molecule has 0 heterocycles. The molecule has 1 aromatic carbocycles. The van der Waals surface area contributed by atoms with Crippen molar-refractivity contribution in [3.05, 3.63) is 35.6 Å². The van der Waals surface area contributed by atoms with Crippen LogP contribution in [0.5, 0.6) is 0 Å². The third-order valence-electron chi connectivity index (χ3n) is 3.23. The fourth-order valence-corrected chi connectivity index (χ4v) is 2.06. The summed E-state index contributed by atoms with van der Waals surface area (Å²) >= 11 is 0. The molecule has 0 radical (unpaired) electrons. The van der Waals surface area contributed by atoms with E-state index in [2.05, 4.69) is 18.7 Å². The van der Waals surface area contributed by atoms with E-state index in [0.717, 1.165) is 6.54 Å². The van der Waals surface area contributed by atoms with Gasteiger partial charge in [-0.3, -0.25) is 9.69 Å². The molecule has 19 heavy (non-hydrogen) atoms. The molecule has 0 fully saturated rings. The van der Waals surface area contributed by atoms with Crippen LogP contribution in [0.15, 0.2) is 24.3 Å². The fourth-order valence-electron chi connectivity index (χ4n) is 2.06. The molecular weight excluding hydrogens is 245 g/mol. The number of Topliss-reactive ketones (excluding diaryl/α,β-unsaturated/α-hetero) is 1. The molecule has 1 atom stereocenters. The Morgan fingerprint density at radius 2 is 2.00 bits per heavy atom. The highest BCUT2D eigenvalue weighted by atomic mass is 19.1. The summed E-state index contributed by atoms with van der Waals surface area (Å²) in [5.74, 6) is -0.275. The molecule has 0 N–H and O–H groups in total. The van der Waals surface area contributed by atoms with Crippen molar-refractivity contribution < 1.29 is 13.9 Å². The van der Waals surface area contributed by atoms with E-state index >= 15 is 0 Å². The average Bonchev–Trinajstić information content (AvgIpc) is 2.40. The van der Waals surface area contributed by atoms with Gasteiger partial charge in [0.2, 0.25) is 0 Å². The first kappa shape index (κ1) is 15.8. The second-order valence-electron chi connectivity index (χ2n) is 4.61. The predicted molar refractivity (Wildman–Crippen MR) is 73.9 cm³/mol. The van der Waals surface area contributed by atoms with Crippen LogP contribution in [0.1, 0.15) is 30.6 Å². The van der Waals surface area contributed by atoms with Crippen LogP contribution in [0.3, 0.4) is 0 Å². The van der Waals surface area contributed by atoms with E-state index in [1.54, 1.807) is 7.11 Å². The zero-order valence-electron chi connectivity index (χ0n) is 11.9. The molecule has 0 aliphatic heterocycles. The normalized spacial score (nSPS) is 12.7. The third kappa shape index (κ3) is 5.09. The number of carbonyl (C=O) groups excluding carboxylic acids is 1. The van der Waals surface area contributed by atoms with Crippen LogP contribution in [-0.4, -0.2) is 43.5 Å². The number of nitrogens with zero attached hydrogens (tertiary/aromatic N) is 1. The van der Waals surface area contributed by atoms with E-state index < -0.39 is 0 Å². The summed E-state index contributed by atoms with van der Waals surface area (Å²) in [6.07, 6.45) is 0.438. The molecule has 0 aliphatic rings. The van der Waals surface area contributed by atoms with Crippen LogP contribution < -0.4 is 0 Å². The Morgan fingerprint density at radius 1 is 1.37 bits per heavy atom. The molecule has 106 valence electrons. The first-order valence-electron chi connectivity index (χ1n) is 6.60. The van der Waals surface area contributed by atoms with Crippen molar-refractivity contribution in [3.8, 4) is 0 Å². The molecule has 0 aliphatic carbocycles. The van der Waals surface area contributed by atoms with Crippen molar-refractivity contribution >= 4 is 5.78 Å². The number of halogens is 1. The average molecular weight is 267 g/mol. The standard InChI is InChI=1S/C15H22FNO2/c1-4-17(12(2)11-19-3)10-9-15(18)13-5-7-14(16)8-6-13/h5-8,12H,4,9-11H2,1-3H3. The first-order valence-corrected chi connectivity index (χ1v) is 6.60. The van der Waals surface area contributed by atoms with Crippen LogP contribution in [0.2, 0.25) is 0 Å². The van der Waals surface area contributed by atoms with Crippen molar-refractivity contribution in [1.29, 1.82) is 0 Å². The van der Waals surface area contributed by atoms with Crippen LogP contribution >= 0.6 is 0 Å². The van der Waals surface area contributed by atoms with Gasteiger partial charge in [-0.2, -0.15) is 0 Å². The van der Waals surface area contributed by atoms with Gasteiger partial charge in [0.15, 0.2) is 5.78 Å². The molecule has 0 amide bonds. The van der Waals surface area contributed by atoms with E-state index in [1.807, 2.05) is 0 Å². The summed E-state index contributed by atoms with van der Waals surface area (Å²) in [6.45, 7) is 6.36. The number of rotatable bonds is 8. The van der Waals surface area contributed by atoms with Crippen molar-refractivity contribution in [1.82, 2.24) is 4.90 Å². The topological polar surface area (TPSA) is 29.5 Å². The van der Waals surface area contributed by atoms with E-state index in [-0.39, 0.29) is 17.6 Å². The highest BCUT2D eigenvalue weighted by Gasteiger charge is 2.14. The molecule has 1 rings (SSSR count). The predicted octanol–water partition coefficient (Wildman–Crippen LogP) is 2.76. The van der Waals surface area contributed by atoms with Gasteiger partial charge in [0, 0.05) is 31.7 Å². The van der Waals surface area contributed by atoms with Gasteiger partial charge in [0.1, 0.15) is 5.82 Å². The monoisotopic (exact) mass is 267 g/mol. The Labute approximate surface area is 114 Å². The van der Waals surface area contributed by atoms with Crippen LogP contribution in [0.25, 0.3) is 0 Å². The number of ketones is 1. The number of likely N-dealkylation sites (N-methyl/N-ethyl adjacent to an activating group) is 1. The molecule has 0 bridgehead atoms. The fraction of sp³-hybridized carbons (Fsp3) is 0.533. The van der Waals surface area contributed by atoms with Gasteiger partial charge in [0.05, 0.1) is 6.61 Å². The number of methoxy groups -OCH3 is 1. The Balaban J connectivity index is 2.50. The van der Waals surface area contributed by atoms with Gasteiger partial charge in [-0.1, -0.05) is 6.92 Å². The highest BCUT2D eigenvalue weighted by molar-refractivity contribution is 5.96. The SMILES string of the molecule is CCN(CCC(=O)c1ccc(F)cc1)C(C)COC. The lowest BCUT2D eigenvalue weighted by Crippen LogP contribution is -2.37. The largest absolute Gasteiger partial charge is 0.383 e. The maximum absolute atomic E-state index is 12.8. The summed E-state index contributed by atoms with van der Waals surface area (Å²) < 4.78 is 17.9. The van der Waals surface area contributed by atoms with Crippen molar-refractivity contribution in [2.24, 2.45) is 0 Å². The summed E-state index contributed by atoms with van der Waals surface area (Å²) in [5, 5.41) is 0. The Morgan fingerprint density at radius 3 is 2.53 bits per heavy atom. The van der Waals surface area contributed by atoms with Gasteiger partial charge in [-0.15, -0.1) is 0 Å². The lowest BCUT2D eigenvalue weighted by atomic mass is 10.1. The Kier molecular flexibility index (Phi) is 6.67. The third-order valence-corrected chi connectivity index (χ3v) is 3.23. The highest BCUT2D eigenvalue weighted by Crippen LogP contribution is 2.08. The molecule has 0 aromatic heterocycles. The van der Waals surface area contributed by atoms with E-state index in [4.69, 9.17) is 4.74 Å². The van der Waals surface area contributed by atoms with Crippen LogP contribution in [-0.2, 0) is 4.74 Å².